The Kier molecular flexibility index (Phi) is 5.81. The number of carbonyl (C=O) groups is 2. The second-order valence-electron chi connectivity index (χ2n) is 6.78. The fraction of sp³-hybridized carbons (Fsp3) is 0.120. The Morgan fingerprint density at radius 1 is 0.875 bits per heavy atom. The minimum Gasteiger partial charge on any atom is -0.493 e. The summed E-state index contributed by atoms with van der Waals surface area (Å²) in [5.41, 5.74) is 1.37. The molecule has 3 aromatic carbocycles. The molecular formula is C25H20O7. The molecule has 0 N–H and O–H groups in total. The highest BCUT2D eigenvalue weighted by molar-refractivity contribution is 6.14. The average Bonchev–Trinajstić information content (AvgIpc) is 3.13. The van der Waals surface area contributed by atoms with E-state index in [4.69, 9.17) is 23.7 Å². The van der Waals surface area contributed by atoms with E-state index in [2.05, 4.69) is 0 Å². The van der Waals surface area contributed by atoms with Crippen LogP contribution in [0.15, 0.2) is 66.4 Å². The number of fused-ring (bicyclic) bond motifs is 1. The Morgan fingerprint density at radius 3 is 2.31 bits per heavy atom. The summed E-state index contributed by atoms with van der Waals surface area (Å²) in [5, 5.41) is 0. The highest BCUT2D eigenvalue weighted by Crippen LogP contribution is 2.42. The minimum absolute atomic E-state index is 0.108. The Morgan fingerprint density at radius 2 is 1.62 bits per heavy atom. The molecule has 0 radical (unpaired) electrons. The van der Waals surface area contributed by atoms with Gasteiger partial charge in [0.25, 0.3) is 0 Å². The average molecular weight is 432 g/mol. The lowest BCUT2D eigenvalue weighted by atomic mass is 10.1. The number of ketones is 1. The smallest absolute Gasteiger partial charge is 0.343 e. The molecule has 0 unspecified atom stereocenters. The van der Waals surface area contributed by atoms with E-state index in [0.717, 1.165) is 0 Å². The summed E-state index contributed by atoms with van der Waals surface area (Å²) in [4.78, 5) is 25.1. The zero-order valence-electron chi connectivity index (χ0n) is 17.7. The van der Waals surface area contributed by atoms with E-state index in [0.29, 0.717) is 39.7 Å². The monoisotopic (exact) mass is 432 g/mol. The fourth-order valence-corrected chi connectivity index (χ4v) is 3.35. The third-order valence-electron chi connectivity index (χ3n) is 4.88. The molecule has 0 saturated carbocycles. The van der Waals surface area contributed by atoms with E-state index >= 15 is 0 Å². The maximum absolute atomic E-state index is 12.8. The maximum atomic E-state index is 12.8. The van der Waals surface area contributed by atoms with Crippen molar-refractivity contribution in [3.8, 4) is 28.7 Å². The summed E-state index contributed by atoms with van der Waals surface area (Å²) in [6, 6.07) is 16.7. The molecule has 0 aliphatic carbocycles. The van der Waals surface area contributed by atoms with Crippen LogP contribution in [0, 0.1) is 0 Å². The molecule has 32 heavy (non-hydrogen) atoms. The normalized spacial score (nSPS) is 13.3. The number of hydrogen-bond acceptors (Lipinski definition) is 7. The molecule has 3 aromatic rings. The summed E-state index contributed by atoms with van der Waals surface area (Å²) in [5.74, 6) is 1.20. The highest BCUT2D eigenvalue weighted by atomic mass is 16.5. The molecule has 0 bridgehead atoms. The van der Waals surface area contributed by atoms with Gasteiger partial charge in [0.2, 0.25) is 11.5 Å². The van der Waals surface area contributed by atoms with Crippen molar-refractivity contribution >= 4 is 17.8 Å². The molecule has 0 aromatic heterocycles. The van der Waals surface area contributed by atoms with E-state index in [1.54, 1.807) is 54.6 Å². The van der Waals surface area contributed by atoms with Crippen LogP contribution in [0.3, 0.4) is 0 Å². The largest absolute Gasteiger partial charge is 0.493 e. The van der Waals surface area contributed by atoms with Gasteiger partial charge in [-0.3, -0.25) is 4.79 Å². The van der Waals surface area contributed by atoms with Crippen LogP contribution in [0.2, 0.25) is 0 Å². The van der Waals surface area contributed by atoms with E-state index in [1.165, 1.54) is 27.4 Å². The summed E-state index contributed by atoms with van der Waals surface area (Å²) in [6.07, 6.45) is 1.57. The summed E-state index contributed by atoms with van der Waals surface area (Å²) in [6.45, 7) is 0. The quantitative estimate of drug-likeness (QED) is 0.321. The van der Waals surface area contributed by atoms with Crippen molar-refractivity contribution in [2.45, 2.75) is 0 Å². The van der Waals surface area contributed by atoms with Crippen molar-refractivity contribution in [2.24, 2.45) is 0 Å². The van der Waals surface area contributed by atoms with Crippen molar-refractivity contribution in [3.63, 3.8) is 0 Å². The third kappa shape index (κ3) is 3.88. The van der Waals surface area contributed by atoms with E-state index < -0.39 is 5.97 Å². The number of carbonyl (C=O) groups excluding carboxylic acids is 2. The molecule has 1 aliphatic heterocycles. The third-order valence-corrected chi connectivity index (χ3v) is 4.88. The molecule has 0 fully saturated rings. The van der Waals surface area contributed by atoms with Crippen LogP contribution in [-0.2, 0) is 0 Å². The number of Topliss-reactive ketones (excluding diaryl/α,β-unsaturated/α-hetero) is 1. The molecule has 0 saturated heterocycles. The number of ether oxygens (including phenoxy) is 5. The van der Waals surface area contributed by atoms with Crippen molar-refractivity contribution in [1.29, 1.82) is 0 Å². The highest BCUT2D eigenvalue weighted by Gasteiger charge is 2.29. The predicted molar refractivity (Wildman–Crippen MR) is 117 cm³/mol. The van der Waals surface area contributed by atoms with E-state index in [1.807, 2.05) is 6.07 Å². The first-order valence-electron chi connectivity index (χ1n) is 9.70. The molecule has 7 nitrogen and oxygen atoms in total. The second-order valence-corrected chi connectivity index (χ2v) is 6.78. The topological polar surface area (TPSA) is 80.3 Å². The summed E-state index contributed by atoms with van der Waals surface area (Å²) < 4.78 is 27.3. The van der Waals surface area contributed by atoms with Crippen LogP contribution in [-0.4, -0.2) is 33.1 Å². The lowest BCUT2D eigenvalue weighted by Crippen LogP contribution is -2.08. The van der Waals surface area contributed by atoms with Crippen molar-refractivity contribution in [1.82, 2.24) is 0 Å². The van der Waals surface area contributed by atoms with Gasteiger partial charge in [-0.2, -0.15) is 0 Å². The predicted octanol–water partition coefficient (Wildman–Crippen LogP) is 4.55. The van der Waals surface area contributed by atoms with Crippen molar-refractivity contribution < 1.29 is 33.3 Å². The van der Waals surface area contributed by atoms with E-state index in [-0.39, 0.29) is 17.3 Å². The van der Waals surface area contributed by atoms with Gasteiger partial charge in [0, 0.05) is 11.6 Å². The maximum Gasteiger partial charge on any atom is 0.343 e. The molecule has 0 spiro atoms. The Labute approximate surface area is 184 Å². The molecule has 7 heteroatoms. The zero-order chi connectivity index (χ0) is 22.7. The van der Waals surface area contributed by atoms with Gasteiger partial charge >= 0.3 is 5.97 Å². The number of esters is 1. The number of methoxy groups -OCH3 is 3. The lowest BCUT2D eigenvalue weighted by Gasteiger charge is -2.14. The Bertz CT molecular complexity index is 1210. The zero-order valence-corrected chi connectivity index (χ0v) is 17.7. The van der Waals surface area contributed by atoms with Crippen LogP contribution in [0.25, 0.3) is 6.08 Å². The van der Waals surface area contributed by atoms with Gasteiger partial charge in [0.1, 0.15) is 11.5 Å². The number of rotatable bonds is 6. The minimum atomic E-state index is -0.499. The lowest BCUT2D eigenvalue weighted by molar-refractivity contribution is 0.0734. The van der Waals surface area contributed by atoms with Crippen molar-refractivity contribution in [3.05, 3.63) is 83.1 Å². The molecule has 162 valence electrons. The number of benzene rings is 3. The van der Waals surface area contributed by atoms with E-state index in [9.17, 15) is 9.59 Å². The first-order chi connectivity index (χ1) is 15.5. The molecule has 0 atom stereocenters. The SMILES string of the molecule is COc1ccc(C=C2Oc3cc(OC(=O)c4ccccc4)ccc3C2=O)c(OC)c1OC. The molecular weight excluding hydrogens is 412 g/mol. The van der Waals surface area contributed by atoms with Crippen LogP contribution in [0.1, 0.15) is 26.3 Å². The first kappa shape index (κ1) is 21.0. The van der Waals surface area contributed by atoms with Gasteiger partial charge in [-0.05, 0) is 42.5 Å². The van der Waals surface area contributed by atoms with Gasteiger partial charge in [-0.25, -0.2) is 4.79 Å². The van der Waals surface area contributed by atoms with Crippen LogP contribution in [0.4, 0.5) is 0 Å². The van der Waals surface area contributed by atoms with Gasteiger partial charge < -0.3 is 23.7 Å². The molecule has 0 amide bonds. The van der Waals surface area contributed by atoms with Crippen LogP contribution in [0.5, 0.6) is 28.7 Å². The summed E-state index contributed by atoms with van der Waals surface area (Å²) in [7, 11) is 4.53. The number of hydrogen-bond donors (Lipinski definition) is 0. The Hall–Kier alpha value is -4.26. The van der Waals surface area contributed by atoms with Crippen molar-refractivity contribution in [2.75, 3.05) is 21.3 Å². The molecule has 1 heterocycles. The number of allylic oxidation sites excluding steroid dienone is 1. The van der Waals surface area contributed by atoms with Gasteiger partial charge in [-0.15, -0.1) is 0 Å². The molecule has 4 rings (SSSR count). The molecule has 1 aliphatic rings. The Balaban J connectivity index is 1.61. The first-order valence-corrected chi connectivity index (χ1v) is 9.70. The van der Waals surface area contributed by atoms with Crippen LogP contribution < -0.4 is 23.7 Å². The van der Waals surface area contributed by atoms with Gasteiger partial charge in [0.05, 0.1) is 32.5 Å². The van der Waals surface area contributed by atoms with Gasteiger partial charge in [0.15, 0.2) is 17.3 Å². The fourth-order valence-electron chi connectivity index (χ4n) is 3.35. The second kappa shape index (κ2) is 8.85. The standard InChI is InChI=1S/C25H20O7/c1-28-19-12-9-16(23(29-2)24(19)30-3)13-21-22(26)18-11-10-17(14-20(18)32-21)31-25(27)15-7-5-4-6-8-15/h4-14H,1-3H3. The van der Waals surface area contributed by atoms with Crippen LogP contribution >= 0.6 is 0 Å². The van der Waals surface area contributed by atoms with Gasteiger partial charge in [-0.1, -0.05) is 18.2 Å². The summed E-state index contributed by atoms with van der Waals surface area (Å²) >= 11 is 0.